The number of aromatic nitrogens is 1. The smallest absolute Gasteiger partial charge is 0.174 e. The number of halogens is 1. The summed E-state index contributed by atoms with van der Waals surface area (Å²) in [4.78, 5) is 6.73. The molecule has 1 saturated heterocycles. The molecule has 32 heavy (non-hydrogen) atoms. The van der Waals surface area contributed by atoms with Gasteiger partial charge >= 0.3 is 0 Å². The van der Waals surface area contributed by atoms with E-state index >= 15 is 0 Å². The Morgan fingerprint density at radius 3 is 2.50 bits per heavy atom. The summed E-state index contributed by atoms with van der Waals surface area (Å²) in [7, 11) is 0. The molecule has 5 rings (SSSR count). The lowest BCUT2D eigenvalue weighted by Gasteiger charge is -2.26. The number of rotatable bonds is 4. The second-order valence-electron chi connectivity index (χ2n) is 7.97. The molecule has 0 spiro atoms. The first-order valence-electron chi connectivity index (χ1n) is 10.4. The molecule has 6 heteroatoms. The van der Waals surface area contributed by atoms with E-state index in [9.17, 15) is 0 Å². The van der Waals surface area contributed by atoms with Crippen molar-refractivity contribution in [3.8, 4) is 11.3 Å². The predicted molar refractivity (Wildman–Crippen MR) is 133 cm³/mol. The lowest BCUT2D eigenvalue weighted by atomic mass is 10.0. The fourth-order valence-electron chi connectivity index (χ4n) is 4.08. The van der Waals surface area contributed by atoms with Crippen molar-refractivity contribution >= 4 is 34.6 Å². The maximum Gasteiger partial charge on any atom is 0.174 e. The Balaban J connectivity index is 1.60. The molecule has 0 bridgehead atoms. The van der Waals surface area contributed by atoms with Crippen LogP contribution in [0, 0.1) is 13.8 Å². The molecule has 1 aliphatic heterocycles. The first kappa shape index (κ1) is 20.7. The maximum atomic E-state index is 6.39. The molecule has 4 aromatic rings. The minimum Gasteiger partial charge on any atom is -0.459 e. The predicted octanol–water partition coefficient (Wildman–Crippen LogP) is 6.79. The van der Waals surface area contributed by atoms with Crippen LogP contribution in [-0.4, -0.2) is 10.1 Å². The summed E-state index contributed by atoms with van der Waals surface area (Å²) in [5, 5.41) is 4.82. The molecule has 0 amide bonds. The second kappa shape index (κ2) is 8.41. The Kier molecular flexibility index (Phi) is 5.45. The number of furan rings is 1. The minimum atomic E-state index is -0.180. The topological polar surface area (TPSA) is 41.3 Å². The van der Waals surface area contributed by atoms with Gasteiger partial charge in [-0.1, -0.05) is 23.7 Å². The molecule has 0 unspecified atom stereocenters. The van der Waals surface area contributed by atoms with Crippen LogP contribution in [0.15, 0.2) is 83.4 Å². The Bertz CT molecular complexity index is 1270. The Hall–Kier alpha value is -3.15. The van der Waals surface area contributed by atoms with Crippen LogP contribution in [-0.2, 0) is 0 Å². The van der Waals surface area contributed by atoms with E-state index in [1.165, 1.54) is 11.1 Å². The van der Waals surface area contributed by atoms with Gasteiger partial charge in [-0.3, -0.25) is 4.98 Å². The molecular formula is C26H22ClN3OS. The van der Waals surface area contributed by atoms with Gasteiger partial charge in [0.2, 0.25) is 0 Å². The van der Waals surface area contributed by atoms with E-state index in [1.807, 2.05) is 54.6 Å². The van der Waals surface area contributed by atoms with Crippen molar-refractivity contribution in [1.82, 2.24) is 10.3 Å². The van der Waals surface area contributed by atoms with Crippen LogP contribution >= 0.6 is 23.8 Å². The van der Waals surface area contributed by atoms with Gasteiger partial charge in [0.15, 0.2) is 5.11 Å². The van der Waals surface area contributed by atoms with Crippen LogP contribution in [0.3, 0.4) is 0 Å². The van der Waals surface area contributed by atoms with Crippen molar-refractivity contribution in [2.75, 3.05) is 4.90 Å². The van der Waals surface area contributed by atoms with Crippen molar-refractivity contribution in [2.45, 2.75) is 25.9 Å². The zero-order valence-electron chi connectivity index (χ0n) is 17.7. The van der Waals surface area contributed by atoms with E-state index in [-0.39, 0.29) is 12.1 Å². The van der Waals surface area contributed by atoms with Crippen molar-refractivity contribution in [2.24, 2.45) is 0 Å². The number of hydrogen-bond donors (Lipinski definition) is 1. The van der Waals surface area contributed by atoms with Gasteiger partial charge in [-0.05, 0) is 97.9 Å². The van der Waals surface area contributed by atoms with E-state index in [0.717, 1.165) is 28.5 Å². The van der Waals surface area contributed by atoms with Crippen molar-refractivity contribution in [3.05, 3.63) is 107 Å². The monoisotopic (exact) mass is 459 g/mol. The molecule has 2 atom stereocenters. The van der Waals surface area contributed by atoms with Gasteiger partial charge in [-0.2, -0.15) is 0 Å². The highest BCUT2D eigenvalue weighted by molar-refractivity contribution is 7.80. The third-order valence-corrected chi connectivity index (χ3v) is 6.48. The SMILES string of the molecule is Cc1ccc(N2C(=S)N[C@H](c3ccccn3)[C@H]2c2ccc(-c3ccc(Cl)cc3)o2)cc1C. The normalized spacial score (nSPS) is 18.1. The van der Waals surface area contributed by atoms with Crippen molar-refractivity contribution in [3.63, 3.8) is 0 Å². The molecule has 0 radical (unpaired) electrons. The number of pyridine rings is 1. The van der Waals surface area contributed by atoms with E-state index in [4.69, 9.17) is 28.2 Å². The average molecular weight is 460 g/mol. The van der Waals surface area contributed by atoms with Gasteiger partial charge in [0, 0.05) is 22.5 Å². The van der Waals surface area contributed by atoms with Gasteiger partial charge in [-0.25, -0.2) is 0 Å². The van der Waals surface area contributed by atoms with Crippen LogP contribution in [0.2, 0.25) is 5.02 Å². The second-order valence-corrected chi connectivity index (χ2v) is 8.80. The fourth-order valence-corrected chi connectivity index (χ4v) is 4.55. The first-order chi connectivity index (χ1) is 15.5. The zero-order chi connectivity index (χ0) is 22.2. The molecule has 3 heterocycles. The number of nitrogens with zero attached hydrogens (tertiary/aromatic N) is 2. The third kappa shape index (κ3) is 3.78. The highest BCUT2D eigenvalue weighted by Crippen LogP contribution is 2.43. The summed E-state index contributed by atoms with van der Waals surface area (Å²) >= 11 is 11.9. The standard InChI is InChI=1S/C26H22ClN3OS/c1-16-6-11-20(15-17(16)2)30-25(24(29-26(30)32)21-5-3-4-14-28-21)23-13-12-22(31-23)18-7-9-19(27)10-8-18/h3-15,24-25H,1-2H3,(H,29,32)/t24-,25-/m1/s1. The Morgan fingerprint density at radius 1 is 0.969 bits per heavy atom. The fraction of sp³-hybridized carbons (Fsp3) is 0.154. The summed E-state index contributed by atoms with van der Waals surface area (Å²) in [5.74, 6) is 1.60. The van der Waals surface area contributed by atoms with E-state index < -0.39 is 0 Å². The molecule has 160 valence electrons. The number of hydrogen-bond acceptors (Lipinski definition) is 3. The largest absolute Gasteiger partial charge is 0.459 e. The average Bonchev–Trinajstić information content (AvgIpc) is 3.41. The van der Waals surface area contributed by atoms with E-state index in [1.54, 1.807) is 6.20 Å². The van der Waals surface area contributed by atoms with Gasteiger partial charge in [-0.15, -0.1) is 0 Å². The highest BCUT2D eigenvalue weighted by atomic mass is 35.5. The summed E-state index contributed by atoms with van der Waals surface area (Å²) in [5.41, 5.74) is 5.37. The molecule has 2 aromatic heterocycles. The van der Waals surface area contributed by atoms with E-state index in [0.29, 0.717) is 10.1 Å². The van der Waals surface area contributed by atoms with Crippen LogP contribution < -0.4 is 10.2 Å². The molecule has 0 saturated carbocycles. The number of thiocarbonyl (C=S) groups is 1. The molecule has 4 nitrogen and oxygen atoms in total. The quantitative estimate of drug-likeness (QED) is 0.340. The van der Waals surface area contributed by atoms with Gasteiger partial charge in [0.25, 0.3) is 0 Å². The van der Waals surface area contributed by atoms with E-state index in [2.05, 4.69) is 47.2 Å². The van der Waals surface area contributed by atoms with Crippen LogP contribution in [0.25, 0.3) is 11.3 Å². The summed E-state index contributed by atoms with van der Waals surface area (Å²) < 4.78 is 6.39. The van der Waals surface area contributed by atoms with Crippen LogP contribution in [0.4, 0.5) is 5.69 Å². The molecule has 2 aromatic carbocycles. The molecular weight excluding hydrogens is 438 g/mol. The van der Waals surface area contributed by atoms with Crippen molar-refractivity contribution < 1.29 is 4.42 Å². The lowest BCUT2D eigenvalue weighted by molar-refractivity contribution is 0.439. The summed E-state index contributed by atoms with van der Waals surface area (Å²) in [6.07, 6.45) is 1.80. The summed E-state index contributed by atoms with van der Waals surface area (Å²) in [6.45, 7) is 4.22. The zero-order valence-corrected chi connectivity index (χ0v) is 19.3. The van der Waals surface area contributed by atoms with Crippen LogP contribution in [0.5, 0.6) is 0 Å². The van der Waals surface area contributed by atoms with Gasteiger partial charge in [0.05, 0.1) is 11.7 Å². The van der Waals surface area contributed by atoms with Gasteiger partial charge < -0.3 is 14.6 Å². The van der Waals surface area contributed by atoms with Crippen molar-refractivity contribution in [1.29, 1.82) is 0 Å². The minimum absolute atomic E-state index is 0.144. The maximum absolute atomic E-state index is 6.39. The van der Waals surface area contributed by atoms with Gasteiger partial charge in [0.1, 0.15) is 17.6 Å². The number of aryl methyl sites for hydroxylation is 2. The molecule has 1 N–H and O–H groups in total. The Labute approximate surface area is 197 Å². The Morgan fingerprint density at radius 2 is 1.78 bits per heavy atom. The number of anilines is 1. The molecule has 1 aliphatic rings. The third-order valence-electron chi connectivity index (χ3n) is 5.91. The van der Waals surface area contributed by atoms with Crippen LogP contribution in [0.1, 0.15) is 34.7 Å². The molecule has 0 aliphatic carbocycles. The lowest BCUT2D eigenvalue weighted by Crippen LogP contribution is -2.29. The first-order valence-corrected chi connectivity index (χ1v) is 11.2. The molecule has 1 fully saturated rings. The summed E-state index contributed by atoms with van der Waals surface area (Å²) in [6, 6.07) is 23.7. The highest BCUT2D eigenvalue weighted by Gasteiger charge is 2.42. The number of benzene rings is 2. The number of nitrogens with one attached hydrogen (secondary N) is 1.